The predicted molar refractivity (Wildman–Crippen MR) is 141 cm³/mol. The summed E-state index contributed by atoms with van der Waals surface area (Å²) in [4.78, 5) is 0. The average Bonchev–Trinajstić information content (AvgIpc) is 3.45. The second-order valence-corrected chi connectivity index (χ2v) is 9.20. The number of nitrogens with one attached hydrogen (secondary N) is 1. The maximum atomic E-state index is 7.23. The number of benzene rings is 5. The van der Waals surface area contributed by atoms with E-state index in [2.05, 4.69) is 121 Å². The quantitative estimate of drug-likeness (QED) is 0.280. The van der Waals surface area contributed by atoms with Crippen molar-refractivity contribution >= 4 is 21.5 Å². The largest absolute Gasteiger partial charge is 0.359 e. The van der Waals surface area contributed by atoms with E-state index in [1.807, 2.05) is 0 Å². The molecular weight excluding hydrogens is 414 g/mol. The zero-order valence-electron chi connectivity index (χ0n) is 19.3. The van der Waals surface area contributed by atoms with Crippen LogP contribution in [0.15, 0.2) is 115 Å². The minimum atomic E-state index is -0.572. The van der Waals surface area contributed by atoms with Crippen LogP contribution in [0.5, 0.6) is 0 Å². The van der Waals surface area contributed by atoms with Crippen LogP contribution in [0.3, 0.4) is 0 Å². The topological polar surface area (TPSA) is 21.3 Å². The van der Waals surface area contributed by atoms with E-state index in [-0.39, 0.29) is 6.04 Å². The molecule has 0 amide bonds. The number of fused-ring (bicyclic) bond motifs is 2. The van der Waals surface area contributed by atoms with Crippen molar-refractivity contribution in [2.45, 2.75) is 31.1 Å². The maximum Gasteiger partial charge on any atom is 0.134 e. The van der Waals surface area contributed by atoms with E-state index in [9.17, 15) is 0 Å². The lowest BCUT2D eigenvalue weighted by atomic mass is 9.79. The fourth-order valence-electron chi connectivity index (χ4n) is 5.69. The average molecular weight is 444 g/mol. The van der Waals surface area contributed by atoms with Crippen LogP contribution in [0.25, 0.3) is 21.5 Å². The Morgan fingerprint density at radius 1 is 0.676 bits per heavy atom. The van der Waals surface area contributed by atoms with Crippen LogP contribution in [0, 0.1) is 0 Å². The van der Waals surface area contributed by atoms with Crippen LogP contribution < -0.4 is 5.32 Å². The van der Waals surface area contributed by atoms with Gasteiger partial charge in [0.05, 0.1) is 6.61 Å². The molecule has 34 heavy (non-hydrogen) atoms. The van der Waals surface area contributed by atoms with Gasteiger partial charge in [0.25, 0.3) is 0 Å². The zero-order valence-corrected chi connectivity index (χ0v) is 19.3. The van der Waals surface area contributed by atoms with Crippen molar-refractivity contribution in [3.05, 3.63) is 132 Å². The molecule has 1 heterocycles. The molecule has 0 aliphatic carbocycles. The van der Waals surface area contributed by atoms with Crippen molar-refractivity contribution in [2.24, 2.45) is 0 Å². The van der Waals surface area contributed by atoms with Crippen molar-refractivity contribution in [3.63, 3.8) is 0 Å². The molecule has 1 atom stereocenters. The summed E-state index contributed by atoms with van der Waals surface area (Å²) in [5.74, 6) is 0. The van der Waals surface area contributed by atoms with E-state index in [4.69, 9.17) is 4.74 Å². The summed E-state index contributed by atoms with van der Waals surface area (Å²) in [6.45, 7) is 1.55. The van der Waals surface area contributed by atoms with Gasteiger partial charge < -0.3 is 10.1 Å². The summed E-state index contributed by atoms with van der Waals surface area (Å²) in [5, 5.41) is 8.81. The molecule has 5 aromatic carbocycles. The fraction of sp³-hybridized carbons (Fsp3) is 0.188. The molecule has 1 aliphatic rings. The highest BCUT2D eigenvalue weighted by molar-refractivity contribution is 6.02. The van der Waals surface area contributed by atoms with E-state index < -0.39 is 5.60 Å². The van der Waals surface area contributed by atoms with Crippen molar-refractivity contribution in [1.29, 1.82) is 0 Å². The van der Waals surface area contributed by atoms with E-state index in [0.29, 0.717) is 6.61 Å². The van der Waals surface area contributed by atoms with E-state index in [1.165, 1.54) is 38.2 Å². The van der Waals surface area contributed by atoms with Gasteiger partial charge in [0.1, 0.15) is 5.60 Å². The third-order valence-corrected chi connectivity index (χ3v) is 7.28. The van der Waals surface area contributed by atoms with Gasteiger partial charge in [-0.3, -0.25) is 0 Å². The van der Waals surface area contributed by atoms with Crippen molar-refractivity contribution in [2.75, 3.05) is 6.54 Å². The van der Waals surface area contributed by atoms with Gasteiger partial charge in [0, 0.05) is 6.04 Å². The second-order valence-electron chi connectivity index (χ2n) is 9.20. The Kier molecular flexibility index (Phi) is 5.62. The van der Waals surface area contributed by atoms with E-state index >= 15 is 0 Å². The summed E-state index contributed by atoms with van der Waals surface area (Å²) in [6, 6.07) is 41.3. The Morgan fingerprint density at radius 2 is 1.21 bits per heavy atom. The van der Waals surface area contributed by atoms with Gasteiger partial charge in [-0.1, -0.05) is 109 Å². The fourth-order valence-corrected chi connectivity index (χ4v) is 5.69. The standard InChI is InChI=1S/C32H29NO/c1-3-14-26(15-4-1)32(31-20-11-21-33-31,27-16-5-2-6-17-27)34-23-30-28-18-9-7-12-24(28)22-25-13-8-10-19-29(25)30/h1-10,12-19,22,31,33H,11,20-21,23H2/t31-/m0/s1. The lowest BCUT2D eigenvalue weighted by molar-refractivity contribution is -0.0525. The van der Waals surface area contributed by atoms with Crippen molar-refractivity contribution < 1.29 is 4.74 Å². The highest BCUT2D eigenvalue weighted by Gasteiger charge is 2.44. The highest BCUT2D eigenvalue weighted by atomic mass is 16.5. The summed E-state index contributed by atoms with van der Waals surface area (Å²) in [7, 11) is 0. The lowest BCUT2D eigenvalue weighted by Crippen LogP contribution is -2.48. The van der Waals surface area contributed by atoms with Crippen LogP contribution in [0.4, 0.5) is 0 Å². The zero-order chi connectivity index (χ0) is 22.8. The number of hydrogen-bond acceptors (Lipinski definition) is 2. The van der Waals surface area contributed by atoms with Gasteiger partial charge >= 0.3 is 0 Å². The molecule has 6 rings (SSSR count). The van der Waals surface area contributed by atoms with Crippen LogP contribution >= 0.6 is 0 Å². The SMILES string of the molecule is c1ccc(C(OCc2c3ccccc3cc3ccccc23)(c2ccccc2)[C@@H]2CCCN2)cc1. The van der Waals surface area contributed by atoms with Gasteiger partial charge in [-0.15, -0.1) is 0 Å². The summed E-state index contributed by atoms with van der Waals surface area (Å²) >= 11 is 0. The Morgan fingerprint density at radius 3 is 1.74 bits per heavy atom. The minimum absolute atomic E-state index is 0.207. The first-order valence-corrected chi connectivity index (χ1v) is 12.2. The Labute approximate surface area is 201 Å². The van der Waals surface area contributed by atoms with Gasteiger partial charge in [-0.25, -0.2) is 0 Å². The Balaban J connectivity index is 1.54. The van der Waals surface area contributed by atoms with Gasteiger partial charge in [0.15, 0.2) is 0 Å². The van der Waals surface area contributed by atoms with Crippen LogP contribution in [-0.4, -0.2) is 12.6 Å². The molecule has 0 spiro atoms. The van der Waals surface area contributed by atoms with Gasteiger partial charge in [-0.05, 0) is 63.7 Å². The smallest absolute Gasteiger partial charge is 0.134 e. The van der Waals surface area contributed by atoms with Crippen LogP contribution in [-0.2, 0) is 16.9 Å². The third kappa shape index (κ3) is 3.60. The summed E-state index contributed by atoms with van der Waals surface area (Å²) in [5.41, 5.74) is 3.08. The molecule has 0 aromatic heterocycles. The van der Waals surface area contributed by atoms with Crippen LogP contribution in [0.2, 0.25) is 0 Å². The first kappa shape index (κ1) is 21.1. The van der Waals surface area contributed by atoms with E-state index in [0.717, 1.165) is 19.4 Å². The Bertz CT molecular complexity index is 1310. The summed E-state index contributed by atoms with van der Waals surface area (Å²) in [6.07, 6.45) is 2.24. The maximum absolute atomic E-state index is 7.23. The highest BCUT2D eigenvalue weighted by Crippen LogP contribution is 2.42. The molecule has 2 nitrogen and oxygen atoms in total. The van der Waals surface area contributed by atoms with Crippen LogP contribution in [0.1, 0.15) is 29.5 Å². The molecule has 1 fully saturated rings. The molecule has 5 aromatic rings. The molecule has 0 bridgehead atoms. The van der Waals surface area contributed by atoms with Crippen molar-refractivity contribution in [3.8, 4) is 0 Å². The van der Waals surface area contributed by atoms with Crippen molar-refractivity contribution in [1.82, 2.24) is 5.32 Å². The normalized spacial score (nSPS) is 16.3. The second kappa shape index (κ2) is 9.06. The van der Waals surface area contributed by atoms with E-state index in [1.54, 1.807) is 0 Å². The first-order chi connectivity index (χ1) is 16.9. The summed E-state index contributed by atoms with van der Waals surface area (Å²) < 4.78 is 7.23. The Hall–Kier alpha value is -3.46. The van der Waals surface area contributed by atoms with Gasteiger partial charge in [0.2, 0.25) is 0 Å². The number of hydrogen-bond donors (Lipinski definition) is 1. The molecule has 0 saturated carbocycles. The number of ether oxygens (including phenoxy) is 1. The molecule has 1 N–H and O–H groups in total. The first-order valence-electron chi connectivity index (χ1n) is 12.2. The molecule has 0 unspecified atom stereocenters. The molecular formula is C32H29NO. The molecule has 168 valence electrons. The monoisotopic (exact) mass is 443 g/mol. The lowest BCUT2D eigenvalue weighted by Gasteiger charge is -2.40. The third-order valence-electron chi connectivity index (χ3n) is 7.28. The minimum Gasteiger partial charge on any atom is -0.359 e. The molecule has 1 saturated heterocycles. The molecule has 2 heteroatoms. The molecule has 1 aliphatic heterocycles. The van der Waals surface area contributed by atoms with Gasteiger partial charge in [-0.2, -0.15) is 0 Å². The number of rotatable bonds is 6. The predicted octanol–water partition coefficient (Wildman–Crippen LogP) is 7.21. The molecule has 0 radical (unpaired) electrons.